The Kier molecular flexibility index (Phi) is 9.19. The van der Waals surface area contributed by atoms with Crippen LogP contribution in [0.1, 0.15) is 22.3 Å². The van der Waals surface area contributed by atoms with E-state index in [-0.39, 0.29) is 21.4 Å². The average molecular weight is 635 g/mol. The number of allylic oxidation sites excluding steroid dienone is 4. The minimum absolute atomic E-state index is 0.0314. The second-order valence-electron chi connectivity index (χ2n) is 10.1. The quantitative estimate of drug-likeness (QED) is 0.164. The fraction of sp³-hybridized carbons (Fsp3) is 0. The van der Waals surface area contributed by atoms with E-state index in [1.54, 1.807) is 24.3 Å². The van der Waals surface area contributed by atoms with E-state index in [2.05, 4.69) is 9.98 Å². The molecule has 0 aliphatic carbocycles. The van der Waals surface area contributed by atoms with E-state index in [1.165, 1.54) is 9.80 Å². The van der Waals surface area contributed by atoms with E-state index in [1.807, 2.05) is 133 Å². The first kappa shape index (κ1) is 30.3. The Morgan fingerprint density at radius 2 is 0.826 bits per heavy atom. The van der Waals surface area contributed by atoms with Crippen LogP contribution in [0.25, 0.3) is 12.2 Å². The van der Waals surface area contributed by atoms with Crippen molar-refractivity contribution < 1.29 is 9.59 Å². The molecule has 222 valence electrons. The second kappa shape index (κ2) is 13.9. The highest BCUT2D eigenvalue weighted by Gasteiger charge is 2.41. The molecule has 46 heavy (non-hydrogen) atoms. The molecule has 2 amide bonds. The molecule has 0 spiro atoms. The molecule has 2 aliphatic heterocycles. The summed E-state index contributed by atoms with van der Waals surface area (Å²) in [5, 5.41) is 0. The molecule has 6 rings (SSSR count). The molecule has 0 unspecified atom stereocenters. The van der Waals surface area contributed by atoms with Crippen molar-refractivity contribution in [2.75, 3.05) is 0 Å². The van der Waals surface area contributed by atoms with Crippen molar-refractivity contribution in [3.8, 4) is 0 Å². The molecular weight excluding hydrogens is 609 g/mol. The van der Waals surface area contributed by atoms with Crippen LogP contribution < -0.4 is 0 Å². The monoisotopic (exact) mass is 634 g/mol. The van der Waals surface area contributed by atoms with Crippen molar-refractivity contribution >= 4 is 70.1 Å². The SMILES string of the molecule is O=C1C(=CC=Cc2ccccc2)N=C(c2ccccc2)N1C(=S)C(=S)N1C(=O)C(=CC=Cc2ccccc2)N=C1c1ccccc1. The molecule has 0 bridgehead atoms. The lowest BCUT2D eigenvalue weighted by atomic mass is 10.2. The van der Waals surface area contributed by atoms with Crippen LogP contribution in [0, 0.1) is 0 Å². The lowest BCUT2D eigenvalue weighted by Gasteiger charge is -2.25. The predicted octanol–water partition coefficient (Wildman–Crippen LogP) is 7.41. The molecule has 8 heteroatoms. The van der Waals surface area contributed by atoms with Gasteiger partial charge >= 0.3 is 0 Å². The van der Waals surface area contributed by atoms with Crippen LogP contribution in [0.5, 0.6) is 0 Å². The van der Waals surface area contributed by atoms with Crippen LogP contribution in [-0.2, 0) is 9.59 Å². The maximum atomic E-state index is 13.9. The van der Waals surface area contributed by atoms with E-state index in [0.717, 1.165) is 11.1 Å². The minimum Gasteiger partial charge on any atom is -0.266 e. The van der Waals surface area contributed by atoms with Crippen molar-refractivity contribution in [2.45, 2.75) is 0 Å². The Morgan fingerprint density at radius 3 is 1.17 bits per heavy atom. The average Bonchev–Trinajstić information content (AvgIpc) is 3.61. The van der Waals surface area contributed by atoms with Gasteiger partial charge in [-0.3, -0.25) is 9.59 Å². The van der Waals surface area contributed by atoms with Gasteiger partial charge in [0.05, 0.1) is 0 Å². The third kappa shape index (κ3) is 6.53. The third-order valence-electron chi connectivity index (χ3n) is 7.06. The zero-order valence-corrected chi connectivity index (χ0v) is 26.1. The molecule has 0 fully saturated rings. The second-order valence-corrected chi connectivity index (χ2v) is 10.9. The number of aliphatic imine (C=N–C) groups is 2. The van der Waals surface area contributed by atoms with Gasteiger partial charge in [-0.25, -0.2) is 19.8 Å². The van der Waals surface area contributed by atoms with Crippen molar-refractivity contribution in [3.05, 3.63) is 179 Å². The topological polar surface area (TPSA) is 65.3 Å². The summed E-state index contributed by atoms with van der Waals surface area (Å²) in [5.74, 6) is -0.252. The summed E-state index contributed by atoms with van der Waals surface area (Å²) in [6.07, 6.45) is 10.6. The Bertz CT molecular complexity index is 1850. The number of amides is 2. The van der Waals surface area contributed by atoms with Gasteiger partial charge in [-0.2, -0.15) is 0 Å². The Balaban J connectivity index is 1.33. The zero-order valence-electron chi connectivity index (χ0n) is 24.4. The fourth-order valence-corrected chi connectivity index (χ4v) is 5.34. The van der Waals surface area contributed by atoms with E-state index in [4.69, 9.17) is 24.4 Å². The number of nitrogens with zero attached hydrogens (tertiary/aromatic N) is 4. The summed E-state index contributed by atoms with van der Waals surface area (Å²) in [6, 6.07) is 38.0. The highest BCUT2D eigenvalue weighted by molar-refractivity contribution is 7.89. The largest absolute Gasteiger partial charge is 0.283 e. The van der Waals surface area contributed by atoms with E-state index < -0.39 is 11.8 Å². The Morgan fingerprint density at radius 1 is 0.500 bits per heavy atom. The number of hydrogen-bond acceptors (Lipinski definition) is 6. The molecule has 2 aliphatic rings. The lowest BCUT2D eigenvalue weighted by molar-refractivity contribution is -0.121. The van der Waals surface area contributed by atoms with E-state index >= 15 is 0 Å². The van der Waals surface area contributed by atoms with Crippen LogP contribution >= 0.6 is 24.4 Å². The van der Waals surface area contributed by atoms with Gasteiger partial charge in [-0.05, 0) is 23.3 Å². The molecule has 0 radical (unpaired) electrons. The van der Waals surface area contributed by atoms with Crippen molar-refractivity contribution in [2.24, 2.45) is 9.98 Å². The van der Waals surface area contributed by atoms with Gasteiger partial charge in [0.2, 0.25) is 0 Å². The summed E-state index contributed by atoms with van der Waals surface area (Å²) < 4.78 is 0. The summed E-state index contributed by atoms with van der Waals surface area (Å²) in [5.41, 5.74) is 3.68. The summed E-state index contributed by atoms with van der Waals surface area (Å²) >= 11 is 11.7. The number of amidine groups is 2. The van der Waals surface area contributed by atoms with Crippen molar-refractivity contribution in [1.29, 1.82) is 0 Å². The van der Waals surface area contributed by atoms with Gasteiger partial charge in [-0.15, -0.1) is 0 Å². The number of hydrogen-bond donors (Lipinski definition) is 0. The summed E-state index contributed by atoms with van der Waals surface area (Å²) in [7, 11) is 0. The zero-order chi connectivity index (χ0) is 31.9. The molecule has 4 aromatic rings. The van der Waals surface area contributed by atoms with Gasteiger partial charge in [0.1, 0.15) is 23.1 Å². The van der Waals surface area contributed by atoms with Crippen LogP contribution in [0.3, 0.4) is 0 Å². The van der Waals surface area contributed by atoms with Crippen LogP contribution in [-0.4, -0.2) is 43.3 Å². The molecule has 4 aromatic carbocycles. The first-order valence-electron chi connectivity index (χ1n) is 14.4. The standard InChI is InChI=1S/C38H26N4O2S2/c43-35-31(25-13-19-27-15-5-1-6-16-27)39-33(29-21-9-3-10-22-29)41(35)37(45)38(46)42-34(30-23-11-4-12-24-30)40-32(36(42)44)26-14-20-28-17-7-2-8-18-28/h1-26H. The molecule has 6 nitrogen and oxygen atoms in total. The molecule has 0 saturated carbocycles. The molecule has 2 heterocycles. The van der Waals surface area contributed by atoms with Crippen LogP contribution in [0.2, 0.25) is 0 Å². The molecular formula is C38H26N4O2S2. The maximum Gasteiger partial charge on any atom is 0.283 e. The third-order valence-corrected chi connectivity index (χ3v) is 7.94. The van der Waals surface area contributed by atoms with Crippen molar-refractivity contribution in [1.82, 2.24) is 9.80 Å². The molecule has 0 saturated heterocycles. The van der Waals surface area contributed by atoms with E-state index in [0.29, 0.717) is 22.8 Å². The maximum absolute atomic E-state index is 13.9. The number of rotatable bonds is 6. The van der Waals surface area contributed by atoms with E-state index in [9.17, 15) is 9.59 Å². The van der Waals surface area contributed by atoms with Crippen molar-refractivity contribution in [3.63, 3.8) is 0 Å². The minimum atomic E-state index is -0.449. The Labute approximate surface area is 277 Å². The fourth-order valence-electron chi connectivity index (χ4n) is 4.82. The lowest BCUT2D eigenvalue weighted by Crippen LogP contribution is -2.49. The van der Waals surface area contributed by atoms with Gasteiger partial charge in [0.15, 0.2) is 9.98 Å². The van der Waals surface area contributed by atoms with Crippen LogP contribution in [0.15, 0.2) is 167 Å². The predicted molar refractivity (Wildman–Crippen MR) is 192 cm³/mol. The number of carbonyl (C=O) groups is 2. The van der Waals surface area contributed by atoms with Crippen LogP contribution in [0.4, 0.5) is 0 Å². The number of benzene rings is 4. The number of carbonyl (C=O) groups excluding carboxylic acids is 2. The molecule has 0 N–H and O–H groups in total. The first-order valence-corrected chi connectivity index (χ1v) is 15.2. The highest BCUT2D eigenvalue weighted by Crippen LogP contribution is 2.26. The smallest absolute Gasteiger partial charge is 0.266 e. The molecule has 0 atom stereocenters. The normalized spacial score (nSPS) is 16.6. The van der Waals surface area contributed by atoms with Gasteiger partial charge < -0.3 is 0 Å². The van der Waals surface area contributed by atoms with Gasteiger partial charge in [-0.1, -0.05) is 170 Å². The summed E-state index contributed by atoms with van der Waals surface area (Å²) in [6.45, 7) is 0. The summed E-state index contributed by atoms with van der Waals surface area (Å²) in [4.78, 5) is 39.6. The van der Waals surface area contributed by atoms with Gasteiger partial charge in [0.25, 0.3) is 11.8 Å². The first-order chi connectivity index (χ1) is 22.5. The highest BCUT2D eigenvalue weighted by atomic mass is 32.1. The van der Waals surface area contributed by atoms with Gasteiger partial charge in [0, 0.05) is 11.1 Å². The number of thiocarbonyl (C=S) groups is 2. The molecule has 0 aromatic heterocycles. The Hall–Kier alpha value is -5.70.